The first-order valence-corrected chi connectivity index (χ1v) is 10.1. The van der Waals surface area contributed by atoms with Crippen molar-refractivity contribution < 1.29 is 15.0 Å². The largest absolute Gasteiger partial charge is 0.507 e. The van der Waals surface area contributed by atoms with Gasteiger partial charge in [-0.05, 0) is 68.6 Å². The van der Waals surface area contributed by atoms with Crippen LogP contribution in [0, 0.1) is 0 Å². The third-order valence-corrected chi connectivity index (χ3v) is 4.74. The highest BCUT2D eigenvalue weighted by Crippen LogP contribution is 2.39. The van der Waals surface area contributed by atoms with Crippen LogP contribution in [0.25, 0.3) is 23.3 Å². The van der Waals surface area contributed by atoms with Crippen LogP contribution in [0.4, 0.5) is 5.69 Å². The van der Waals surface area contributed by atoms with Crippen molar-refractivity contribution in [2.75, 3.05) is 11.9 Å². The molecule has 0 spiro atoms. The molecule has 2 aromatic carbocycles. The van der Waals surface area contributed by atoms with E-state index < -0.39 is 6.04 Å². The normalized spacial score (nSPS) is 11.8. The van der Waals surface area contributed by atoms with Gasteiger partial charge in [-0.15, -0.1) is 24.8 Å². The van der Waals surface area contributed by atoms with Gasteiger partial charge in [-0.3, -0.25) is 4.79 Å². The van der Waals surface area contributed by atoms with Crippen LogP contribution in [0.1, 0.15) is 44.2 Å². The molecule has 6 nitrogen and oxygen atoms in total. The third kappa shape index (κ3) is 7.88. The lowest BCUT2D eigenvalue weighted by molar-refractivity contribution is -0.117. The maximum atomic E-state index is 12.5. The van der Waals surface area contributed by atoms with Gasteiger partial charge in [-0.2, -0.15) is 0 Å². The molecular formula is C24H33Cl2N3O3. The zero-order valence-corrected chi connectivity index (χ0v) is 20.0. The Bertz CT molecular complexity index is 946. The number of halogens is 2. The van der Waals surface area contributed by atoms with Gasteiger partial charge in [0, 0.05) is 11.1 Å². The van der Waals surface area contributed by atoms with Crippen LogP contribution in [-0.2, 0) is 4.79 Å². The fourth-order valence-electron chi connectivity index (χ4n) is 3.16. The smallest absolute Gasteiger partial charge is 0.241 e. The summed E-state index contributed by atoms with van der Waals surface area (Å²) in [6, 6.07) is 7.95. The predicted octanol–water partition coefficient (Wildman–Crippen LogP) is 5.07. The number of carbonyl (C=O) groups excluding carboxylic acids is 1. The number of aromatic hydroxyl groups is 2. The van der Waals surface area contributed by atoms with Crippen molar-refractivity contribution in [2.45, 2.75) is 39.2 Å². The van der Waals surface area contributed by atoms with Gasteiger partial charge in [0.25, 0.3) is 0 Å². The number of anilines is 1. The van der Waals surface area contributed by atoms with E-state index in [1.807, 2.05) is 38.1 Å². The van der Waals surface area contributed by atoms with Gasteiger partial charge in [-0.1, -0.05) is 36.8 Å². The summed E-state index contributed by atoms with van der Waals surface area (Å²) in [6.07, 6.45) is 9.47. The first-order valence-electron chi connectivity index (χ1n) is 10.1. The molecule has 2 aromatic rings. The minimum absolute atomic E-state index is 0. The average Bonchev–Trinajstić information content (AvgIpc) is 2.72. The monoisotopic (exact) mass is 481 g/mol. The van der Waals surface area contributed by atoms with E-state index >= 15 is 0 Å². The highest BCUT2D eigenvalue weighted by molar-refractivity contribution is 5.98. The van der Waals surface area contributed by atoms with Crippen LogP contribution in [0.15, 0.2) is 42.5 Å². The van der Waals surface area contributed by atoms with Crippen molar-refractivity contribution >= 4 is 48.6 Å². The zero-order chi connectivity index (χ0) is 22.1. The molecule has 0 saturated heterocycles. The second-order valence-corrected chi connectivity index (χ2v) is 7.12. The molecule has 0 radical (unpaired) electrons. The molecule has 32 heavy (non-hydrogen) atoms. The number of hydrogen-bond donors (Lipinski definition) is 5. The van der Waals surface area contributed by atoms with Crippen molar-refractivity contribution in [1.82, 2.24) is 0 Å². The molecule has 0 saturated carbocycles. The number of benzene rings is 2. The Morgan fingerprint density at radius 1 is 1.06 bits per heavy atom. The van der Waals surface area contributed by atoms with Crippen molar-refractivity contribution in [3.8, 4) is 22.6 Å². The van der Waals surface area contributed by atoms with Gasteiger partial charge in [0.15, 0.2) is 0 Å². The summed E-state index contributed by atoms with van der Waals surface area (Å²) in [5.74, 6) is -0.257. The van der Waals surface area contributed by atoms with Crippen molar-refractivity contribution in [2.24, 2.45) is 11.5 Å². The predicted molar refractivity (Wildman–Crippen MR) is 139 cm³/mol. The topological polar surface area (TPSA) is 122 Å². The van der Waals surface area contributed by atoms with Crippen LogP contribution < -0.4 is 16.8 Å². The van der Waals surface area contributed by atoms with Gasteiger partial charge in [0.05, 0.1) is 11.7 Å². The minimum atomic E-state index is -0.681. The number of hydrogen-bond acceptors (Lipinski definition) is 5. The van der Waals surface area contributed by atoms with E-state index in [0.29, 0.717) is 35.3 Å². The molecule has 1 atom stereocenters. The lowest BCUT2D eigenvalue weighted by Crippen LogP contribution is -2.35. The van der Waals surface area contributed by atoms with Gasteiger partial charge < -0.3 is 27.0 Å². The standard InChI is InChI=1S/C24H31N3O3.2ClH/c1-3-7-16-13-19(17-10-11-22(28)18(15-17)8-4-2)23(29)21(14-16)27-24(30)20(26)9-5-6-12-25;;/h3-4,7-8,10-11,13-15,20,28-29H,5-6,9,12,25-26H2,1-2H3,(H,27,30);2*1H/t20-;;/m1../s1. The van der Waals surface area contributed by atoms with Crippen LogP contribution in [0.3, 0.4) is 0 Å². The minimum Gasteiger partial charge on any atom is -0.507 e. The van der Waals surface area contributed by atoms with E-state index in [-0.39, 0.29) is 42.2 Å². The number of allylic oxidation sites excluding steroid dienone is 2. The van der Waals surface area contributed by atoms with Gasteiger partial charge >= 0.3 is 0 Å². The van der Waals surface area contributed by atoms with E-state index in [0.717, 1.165) is 18.4 Å². The van der Waals surface area contributed by atoms with E-state index in [9.17, 15) is 15.0 Å². The number of carbonyl (C=O) groups is 1. The summed E-state index contributed by atoms with van der Waals surface area (Å²) in [4.78, 5) is 12.5. The fourth-order valence-corrected chi connectivity index (χ4v) is 3.16. The van der Waals surface area contributed by atoms with Crippen molar-refractivity contribution in [1.29, 1.82) is 0 Å². The van der Waals surface area contributed by atoms with E-state index in [1.165, 1.54) is 0 Å². The molecule has 0 bridgehead atoms. The average molecular weight is 482 g/mol. The molecule has 0 aliphatic rings. The fraction of sp³-hybridized carbons (Fsp3) is 0.292. The molecule has 0 heterocycles. The number of phenolic OH excluding ortho intramolecular Hbond substituents is 2. The van der Waals surface area contributed by atoms with Gasteiger partial charge in [-0.25, -0.2) is 0 Å². The van der Waals surface area contributed by atoms with Gasteiger partial charge in [0.1, 0.15) is 11.5 Å². The number of phenols is 2. The quantitative estimate of drug-likeness (QED) is 0.252. The Balaban J connectivity index is 0.00000480. The lowest BCUT2D eigenvalue weighted by atomic mass is 9.97. The second kappa shape index (κ2) is 14.5. The molecule has 2 rings (SSSR count). The molecule has 0 unspecified atom stereocenters. The molecule has 8 heteroatoms. The Morgan fingerprint density at radius 2 is 1.75 bits per heavy atom. The van der Waals surface area contributed by atoms with Crippen molar-refractivity contribution in [3.63, 3.8) is 0 Å². The molecule has 0 aliphatic heterocycles. The molecule has 0 aromatic heterocycles. The molecular weight excluding hydrogens is 449 g/mol. The third-order valence-electron chi connectivity index (χ3n) is 4.74. The lowest BCUT2D eigenvalue weighted by Gasteiger charge is -2.16. The van der Waals surface area contributed by atoms with E-state index in [2.05, 4.69) is 5.32 Å². The highest BCUT2D eigenvalue weighted by atomic mass is 35.5. The Kier molecular flexibility index (Phi) is 13.4. The van der Waals surface area contributed by atoms with E-state index in [1.54, 1.807) is 30.3 Å². The van der Waals surface area contributed by atoms with Crippen molar-refractivity contribution in [3.05, 3.63) is 53.6 Å². The highest BCUT2D eigenvalue weighted by Gasteiger charge is 2.18. The zero-order valence-electron chi connectivity index (χ0n) is 18.4. The van der Waals surface area contributed by atoms with Crippen LogP contribution >= 0.6 is 24.8 Å². The Labute approximate surface area is 202 Å². The van der Waals surface area contributed by atoms with Crippen LogP contribution in [-0.4, -0.2) is 28.7 Å². The summed E-state index contributed by atoms with van der Waals surface area (Å²) in [5, 5.41) is 23.7. The number of unbranched alkanes of at least 4 members (excludes halogenated alkanes) is 1. The van der Waals surface area contributed by atoms with Crippen LogP contribution in [0.5, 0.6) is 11.5 Å². The Hall–Kier alpha value is -2.51. The summed E-state index contributed by atoms with van der Waals surface area (Å²) in [5.41, 5.74) is 14.5. The van der Waals surface area contributed by atoms with Gasteiger partial charge in [0.2, 0.25) is 5.91 Å². The first kappa shape index (κ1) is 29.5. The molecule has 0 aliphatic carbocycles. The SMILES string of the molecule is CC=Cc1cc(NC(=O)[C@H](N)CCCCN)c(O)c(-c2ccc(O)c(C=CC)c2)c1.Cl.Cl. The summed E-state index contributed by atoms with van der Waals surface area (Å²) >= 11 is 0. The summed E-state index contributed by atoms with van der Waals surface area (Å²) in [7, 11) is 0. The molecule has 176 valence electrons. The second-order valence-electron chi connectivity index (χ2n) is 7.12. The molecule has 1 amide bonds. The first-order chi connectivity index (χ1) is 14.4. The number of rotatable bonds is 9. The summed E-state index contributed by atoms with van der Waals surface area (Å²) in [6.45, 7) is 4.31. The molecule has 7 N–H and O–H groups in total. The number of nitrogens with two attached hydrogens (primary N) is 2. The number of nitrogens with one attached hydrogen (secondary N) is 1. The summed E-state index contributed by atoms with van der Waals surface area (Å²) < 4.78 is 0. The maximum absolute atomic E-state index is 12.5. The number of amides is 1. The van der Waals surface area contributed by atoms with Crippen LogP contribution in [0.2, 0.25) is 0 Å². The molecule has 0 fully saturated rings. The van der Waals surface area contributed by atoms with E-state index in [4.69, 9.17) is 11.5 Å². The maximum Gasteiger partial charge on any atom is 0.241 e. The Morgan fingerprint density at radius 3 is 2.38 bits per heavy atom.